The molecule has 1 aromatic carbocycles. The average Bonchev–Trinajstić information content (AvgIpc) is 2.69. The van der Waals surface area contributed by atoms with Gasteiger partial charge in [-0.2, -0.15) is 0 Å². The molecule has 2 rings (SSSR count). The molecule has 0 radical (unpaired) electrons. The second-order valence-electron chi connectivity index (χ2n) is 4.47. The lowest BCUT2D eigenvalue weighted by Gasteiger charge is -2.17. The fourth-order valence-electron chi connectivity index (χ4n) is 1.85. The first-order valence-corrected chi connectivity index (χ1v) is 6.12. The molecule has 4 nitrogen and oxygen atoms in total. The van der Waals surface area contributed by atoms with E-state index in [1.165, 1.54) is 0 Å². The van der Waals surface area contributed by atoms with Gasteiger partial charge in [-0.15, -0.1) is 0 Å². The fraction of sp³-hybridized carbons (Fsp3) is 0.308. The van der Waals surface area contributed by atoms with Gasteiger partial charge in [-0.25, -0.2) is 4.98 Å². The maximum absolute atomic E-state index is 5.94. The number of anilines is 1. The van der Waals surface area contributed by atoms with Gasteiger partial charge in [-0.3, -0.25) is 4.90 Å². The van der Waals surface area contributed by atoms with Crippen molar-refractivity contribution in [2.45, 2.75) is 13.1 Å². The third-order valence-electron chi connectivity index (χ3n) is 2.88. The summed E-state index contributed by atoms with van der Waals surface area (Å²) in [6.07, 6.45) is 3.75. The number of aryl methyl sites for hydroxylation is 1. The van der Waals surface area contributed by atoms with E-state index >= 15 is 0 Å². The molecule has 0 atom stereocenters. The fourth-order valence-corrected chi connectivity index (χ4v) is 2.03. The monoisotopic (exact) mass is 264 g/mol. The zero-order chi connectivity index (χ0) is 13.1. The van der Waals surface area contributed by atoms with E-state index in [0.29, 0.717) is 5.02 Å². The summed E-state index contributed by atoms with van der Waals surface area (Å²) < 4.78 is 2.02. The summed E-state index contributed by atoms with van der Waals surface area (Å²) in [5.41, 5.74) is 7.75. The van der Waals surface area contributed by atoms with Crippen LogP contribution in [0.15, 0.2) is 30.6 Å². The number of benzene rings is 1. The van der Waals surface area contributed by atoms with Gasteiger partial charge in [-0.1, -0.05) is 17.7 Å². The van der Waals surface area contributed by atoms with E-state index in [9.17, 15) is 0 Å². The normalized spacial score (nSPS) is 11.1. The van der Waals surface area contributed by atoms with Crippen LogP contribution in [0.3, 0.4) is 0 Å². The smallest absolute Gasteiger partial charge is 0.122 e. The predicted molar refractivity (Wildman–Crippen MR) is 74.2 cm³/mol. The van der Waals surface area contributed by atoms with E-state index in [1.54, 1.807) is 12.3 Å². The van der Waals surface area contributed by atoms with Gasteiger partial charge in [0.1, 0.15) is 5.82 Å². The molecule has 0 fully saturated rings. The Morgan fingerprint density at radius 2 is 2.17 bits per heavy atom. The van der Waals surface area contributed by atoms with Gasteiger partial charge in [0.05, 0.1) is 6.54 Å². The molecule has 1 heterocycles. The van der Waals surface area contributed by atoms with Crippen LogP contribution in [0.5, 0.6) is 0 Å². The second-order valence-corrected chi connectivity index (χ2v) is 4.91. The zero-order valence-corrected chi connectivity index (χ0v) is 11.4. The Morgan fingerprint density at radius 1 is 1.39 bits per heavy atom. The van der Waals surface area contributed by atoms with E-state index in [0.717, 1.165) is 30.2 Å². The molecular formula is C13H17ClN4. The quantitative estimate of drug-likeness (QED) is 0.862. The van der Waals surface area contributed by atoms with E-state index < -0.39 is 0 Å². The van der Waals surface area contributed by atoms with Crippen molar-refractivity contribution < 1.29 is 0 Å². The SMILES string of the molecule is CN(Cc1ccc(Cl)cc1N)Cc1nccn1C. The molecule has 2 aromatic rings. The Labute approximate surface area is 112 Å². The highest BCUT2D eigenvalue weighted by molar-refractivity contribution is 6.30. The standard InChI is InChI=1S/C13H17ClN4/c1-17(9-13-16-5-6-18(13)2)8-10-3-4-11(14)7-12(10)15/h3-7H,8-9,15H2,1-2H3. The van der Waals surface area contributed by atoms with Gasteiger partial charge in [0.15, 0.2) is 0 Å². The Kier molecular flexibility index (Phi) is 3.89. The lowest BCUT2D eigenvalue weighted by Crippen LogP contribution is -2.20. The predicted octanol–water partition coefficient (Wildman–Crippen LogP) is 2.29. The van der Waals surface area contributed by atoms with Crippen LogP contribution in [0.2, 0.25) is 5.02 Å². The van der Waals surface area contributed by atoms with Crippen molar-refractivity contribution >= 4 is 17.3 Å². The first-order chi connectivity index (χ1) is 8.56. The number of hydrogen-bond acceptors (Lipinski definition) is 3. The number of nitrogens with two attached hydrogens (primary N) is 1. The second kappa shape index (κ2) is 5.42. The molecule has 5 heteroatoms. The summed E-state index contributed by atoms with van der Waals surface area (Å²) in [7, 11) is 4.04. The Hall–Kier alpha value is -1.52. The number of aromatic nitrogens is 2. The molecular weight excluding hydrogens is 248 g/mol. The van der Waals surface area contributed by atoms with Gasteiger partial charge < -0.3 is 10.3 Å². The van der Waals surface area contributed by atoms with E-state index in [4.69, 9.17) is 17.3 Å². The van der Waals surface area contributed by atoms with Crippen LogP contribution in [0.4, 0.5) is 5.69 Å². The molecule has 0 aliphatic carbocycles. The molecule has 18 heavy (non-hydrogen) atoms. The molecule has 0 aliphatic heterocycles. The minimum absolute atomic E-state index is 0.669. The Balaban J connectivity index is 2.03. The largest absolute Gasteiger partial charge is 0.398 e. The van der Waals surface area contributed by atoms with Crippen LogP contribution in [-0.2, 0) is 20.1 Å². The summed E-state index contributed by atoms with van der Waals surface area (Å²) in [4.78, 5) is 6.47. The minimum atomic E-state index is 0.669. The van der Waals surface area contributed by atoms with Gasteiger partial charge in [0.2, 0.25) is 0 Å². The van der Waals surface area contributed by atoms with Crippen molar-refractivity contribution in [2.24, 2.45) is 7.05 Å². The molecule has 96 valence electrons. The van der Waals surface area contributed by atoms with Gasteiger partial charge in [0, 0.05) is 36.7 Å². The number of imidazole rings is 1. The van der Waals surface area contributed by atoms with Crippen molar-refractivity contribution in [3.05, 3.63) is 47.0 Å². The van der Waals surface area contributed by atoms with E-state index in [1.807, 2.05) is 37.0 Å². The van der Waals surface area contributed by atoms with Crippen LogP contribution in [0.1, 0.15) is 11.4 Å². The number of nitrogens with zero attached hydrogens (tertiary/aromatic N) is 3. The van der Waals surface area contributed by atoms with Crippen molar-refractivity contribution in [1.82, 2.24) is 14.5 Å². The van der Waals surface area contributed by atoms with Crippen LogP contribution >= 0.6 is 11.6 Å². The lowest BCUT2D eigenvalue weighted by atomic mass is 10.1. The maximum Gasteiger partial charge on any atom is 0.122 e. The van der Waals surface area contributed by atoms with Crippen molar-refractivity contribution in [2.75, 3.05) is 12.8 Å². The number of halogens is 1. The summed E-state index contributed by atoms with van der Waals surface area (Å²) in [6.45, 7) is 1.56. The number of nitrogen functional groups attached to an aromatic ring is 1. The molecule has 0 saturated heterocycles. The lowest BCUT2D eigenvalue weighted by molar-refractivity contribution is 0.307. The van der Waals surface area contributed by atoms with Crippen molar-refractivity contribution in [3.8, 4) is 0 Å². The van der Waals surface area contributed by atoms with E-state index in [2.05, 4.69) is 9.88 Å². The third-order valence-corrected chi connectivity index (χ3v) is 3.12. The van der Waals surface area contributed by atoms with Crippen molar-refractivity contribution in [3.63, 3.8) is 0 Å². The first-order valence-electron chi connectivity index (χ1n) is 5.75. The summed E-state index contributed by atoms with van der Waals surface area (Å²) in [5.74, 6) is 1.03. The molecule has 0 bridgehead atoms. The Bertz CT molecular complexity index is 536. The minimum Gasteiger partial charge on any atom is -0.398 e. The zero-order valence-electron chi connectivity index (χ0n) is 10.6. The molecule has 0 saturated carbocycles. The van der Waals surface area contributed by atoms with Crippen LogP contribution in [0.25, 0.3) is 0 Å². The van der Waals surface area contributed by atoms with Crippen LogP contribution < -0.4 is 5.73 Å². The number of rotatable bonds is 4. The van der Waals surface area contributed by atoms with Gasteiger partial charge in [-0.05, 0) is 24.7 Å². The molecule has 2 N–H and O–H groups in total. The third kappa shape index (κ3) is 3.03. The highest BCUT2D eigenvalue weighted by atomic mass is 35.5. The van der Waals surface area contributed by atoms with E-state index in [-0.39, 0.29) is 0 Å². The molecule has 0 amide bonds. The Morgan fingerprint density at radius 3 is 2.78 bits per heavy atom. The summed E-state index contributed by atoms with van der Waals surface area (Å²) in [5, 5.41) is 0.669. The molecule has 0 spiro atoms. The van der Waals surface area contributed by atoms with Crippen LogP contribution in [0, 0.1) is 0 Å². The van der Waals surface area contributed by atoms with Gasteiger partial charge >= 0.3 is 0 Å². The highest BCUT2D eigenvalue weighted by Crippen LogP contribution is 2.19. The summed E-state index contributed by atoms with van der Waals surface area (Å²) >= 11 is 5.88. The van der Waals surface area contributed by atoms with Crippen molar-refractivity contribution in [1.29, 1.82) is 0 Å². The number of hydrogen-bond donors (Lipinski definition) is 1. The summed E-state index contributed by atoms with van der Waals surface area (Å²) in [6, 6.07) is 5.61. The van der Waals surface area contributed by atoms with Gasteiger partial charge in [0.25, 0.3) is 0 Å². The molecule has 0 aliphatic rings. The molecule has 1 aromatic heterocycles. The topological polar surface area (TPSA) is 47.1 Å². The average molecular weight is 265 g/mol. The first kappa shape index (κ1) is 12.9. The molecule has 0 unspecified atom stereocenters. The van der Waals surface area contributed by atoms with Crippen LogP contribution in [-0.4, -0.2) is 21.5 Å². The maximum atomic E-state index is 5.94. The highest BCUT2D eigenvalue weighted by Gasteiger charge is 2.07.